The molecular weight excluding hydrogens is 294 g/mol. The zero-order chi connectivity index (χ0) is 16.4. The van der Waals surface area contributed by atoms with E-state index in [9.17, 15) is 4.79 Å². The maximum Gasteiger partial charge on any atom is 0.322 e. The number of hydrogen-bond donors (Lipinski definition) is 1. The molecule has 0 saturated carbocycles. The van der Waals surface area contributed by atoms with E-state index in [-0.39, 0.29) is 12.1 Å². The molecule has 2 heterocycles. The molecular formula is C17H21N3O3. The molecule has 1 aromatic carbocycles. The van der Waals surface area contributed by atoms with E-state index in [0.29, 0.717) is 23.7 Å². The van der Waals surface area contributed by atoms with Crippen LogP contribution in [0.15, 0.2) is 36.5 Å². The smallest absolute Gasteiger partial charge is 0.322 e. The molecule has 0 saturated heterocycles. The quantitative estimate of drug-likeness (QED) is 0.947. The second-order valence-corrected chi connectivity index (χ2v) is 5.49. The zero-order valence-corrected chi connectivity index (χ0v) is 13.6. The molecule has 0 unspecified atom stereocenters. The normalized spacial score (nSPS) is 16.7. The minimum absolute atomic E-state index is 0.0305. The summed E-state index contributed by atoms with van der Waals surface area (Å²) in [7, 11) is 3.17. The number of rotatable bonds is 3. The van der Waals surface area contributed by atoms with Crippen molar-refractivity contribution in [1.29, 1.82) is 0 Å². The van der Waals surface area contributed by atoms with E-state index in [4.69, 9.17) is 9.47 Å². The molecule has 0 aliphatic carbocycles. The first-order valence-corrected chi connectivity index (χ1v) is 7.58. The van der Waals surface area contributed by atoms with Crippen molar-refractivity contribution in [2.24, 2.45) is 0 Å². The van der Waals surface area contributed by atoms with E-state index in [1.807, 2.05) is 24.1 Å². The Morgan fingerprint density at radius 1 is 1.22 bits per heavy atom. The van der Waals surface area contributed by atoms with Gasteiger partial charge in [-0.15, -0.1) is 0 Å². The Bertz CT molecular complexity index is 711. The van der Waals surface area contributed by atoms with Gasteiger partial charge in [-0.2, -0.15) is 0 Å². The number of benzene rings is 1. The van der Waals surface area contributed by atoms with Gasteiger partial charge >= 0.3 is 6.03 Å². The first-order valence-electron chi connectivity index (χ1n) is 7.58. The molecule has 1 N–H and O–H groups in total. The summed E-state index contributed by atoms with van der Waals surface area (Å²) >= 11 is 0. The van der Waals surface area contributed by atoms with Gasteiger partial charge in [0.1, 0.15) is 11.5 Å². The summed E-state index contributed by atoms with van der Waals surface area (Å²) < 4.78 is 12.7. The van der Waals surface area contributed by atoms with Crippen molar-refractivity contribution in [2.45, 2.75) is 19.5 Å². The van der Waals surface area contributed by atoms with Crippen molar-refractivity contribution >= 4 is 11.7 Å². The highest BCUT2D eigenvalue weighted by Gasteiger charge is 2.27. The van der Waals surface area contributed by atoms with Gasteiger partial charge in [0.25, 0.3) is 0 Å². The number of nitrogens with one attached hydrogen (secondary N) is 1. The molecule has 2 aromatic rings. The van der Waals surface area contributed by atoms with Crippen molar-refractivity contribution in [1.82, 2.24) is 9.47 Å². The maximum absolute atomic E-state index is 12.7. The highest BCUT2D eigenvalue weighted by molar-refractivity contribution is 5.91. The predicted molar refractivity (Wildman–Crippen MR) is 88.1 cm³/mol. The fraction of sp³-hybridized carbons (Fsp3) is 0.353. The lowest BCUT2D eigenvalue weighted by molar-refractivity contribution is 0.175. The Morgan fingerprint density at radius 3 is 2.78 bits per heavy atom. The number of methoxy groups -OCH3 is 2. The van der Waals surface area contributed by atoms with Crippen LogP contribution < -0.4 is 14.8 Å². The summed E-state index contributed by atoms with van der Waals surface area (Å²) in [6.07, 6.45) is 2.05. The predicted octanol–water partition coefficient (Wildman–Crippen LogP) is 3.11. The van der Waals surface area contributed by atoms with Crippen molar-refractivity contribution in [3.8, 4) is 11.5 Å². The average molecular weight is 315 g/mol. The number of fused-ring (bicyclic) bond motifs is 1. The van der Waals surface area contributed by atoms with E-state index in [1.54, 1.807) is 32.4 Å². The monoisotopic (exact) mass is 315 g/mol. The first kappa shape index (κ1) is 15.3. The third-order valence-electron chi connectivity index (χ3n) is 4.25. The fourth-order valence-corrected chi connectivity index (χ4v) is 2.95. The van der Waals surface area contributed by atoms with Crippen LogP contribution in [0.2, 0.25) is 0 Å². The molecule has 1 aliphatic heterocycles. The summed E-state index contributed by atoms with van der Waals surface area (Å²) in [5, 5.41) is 2.93. The van der Waals surface area contributed by atoms with Crippen molar-refractivity contribution in [3.63, 3.8) is 0 Å². The second-order valence-electron chi connectivity index (χ2n) is 5.49. The van der Waals surface area contributed by atoms with Crippen molar-refractivity contribution in [2.75, 3.05) is 26.1 Å². The average Bonchev–Trinajstić information content (AvgIpc) is 3.05. The topological polar surface area (TPSA) is 55.7 Å². The molecule has 6 nitrogen and oxygen atoms in total. The first-order chi connectivity index (χ1) is 11.1. The number of carbonyl (C=O) groups excluding carboxylic acids is 1. The van der Waals surface area contributed by atoms with Crippen LogP contribution in [0.1, 0.15) is 18.7 Å². The highest BCUT2D eigenvalue weighted by atomic mass is 16.5. The summed E-state index contributed by atoms with van der Waals surface area (Å²) in [5.41, 5.74) is 1.78. The third-order valence-corrected chi connectivity index (χ3v) is 4.25. The van der Waals surface area contributed by atoms with Crippen LogP contribution in [-0.2, 0) is 6.54 Å². The lowest BCUT2D eigenvalue weighted by atomic mass is 10.1. The number of amides is 2. The summed E-state index contributed by atoms with van der Waals surface area (Å²) in [6, 6.07) is 9.30. The molecule has 122 valence electrons. The van der Waals surface area contributed by atoms with Crippen LogP contribution in [0, 0.1) is 0 Å². The van der Waals surface area contributed by atoms with E-state index in [1.165, 1.54) is 0 Å². The minimum atomic E-state index is -0.131. The number of nitrogens with zero attached hydrogens (tertiary/aromatic N) is 2. The zero-order valence-electron chi connectivity index (χ0n) is 13.6. The number of ether oxygens (including phenoxy) is 2. The van der Waals surface area contributed by atoms with Gasteiger partial charge in [-0.3, -0.25) is 0 Å². The Morgan fingerprint density at radius 2 is 2.04 bits per heavy atom. The highest BCUT2D eigenvalue weighted by Crippen LogP contribution is 2.31. The molecule has 0 radical (unpaired) electrons. The van der Waals surface area contributed by atoms with Crippen LogP contribution in [0.5, 0.6) is 11.5 Å². The maximum atomic E-state index is 12.7. The van der Waals surface area contributed by atoms with Gasteiger partial charge in [-0.05, 0) is 31.2 Å². The molecule has 0 bridgehead atoms. The van der Waals surface area contributed by atoms with E-state index >= 15 is 0 Å². The molecule has 2 amide bonds. The van der Waals surface area contributed by atoms with Crippen molar-refractivity contribution < 1.29 is 14.3 Å². The third kappa shape index (κ3) is 2.84. The molecule has 6 heteroatoms. The Hall–Kier alpha value is -2.63. The summed E-state index contributed by atoms with van der Waals surface area (Å²) in [4.78, 5) is 14.5. The SMILES string of the molecule is COc1ccc(NC(=O)N2CCn3cccc3[C@H]2C)c(OC)c1. The molecule has 1 aliphatic rings. The Labute approximate surface area is 135 Å². The summed E-state index contributed by atoms with van der Waals surface area (Å²) in [6.45, 7) is 3.52. The van der Waals surface area contributed by atoms with Crippen LogP contribution in [0.4, 0.5) is 10.5 Å². The van der Waals surface area contributed by atoms with Crippen LogP contribution >= 0.6 is 0 Å². The standard InChI is InChI=1S/C17H21N3O3/c1-12-15-5-4-8-19(15)9-10-20(12)17(21)18-14-7-6-13(22-2)11-16(14)23-3/h4-8,11-12H,9-10H2,1-3H3,(H,18,21)/t12-/m1/s1. The van der Waals surface area contributed by atoms with Gasteiger partial charge in [-0.25, -0.2) is 4.79 Å². The summed E-state index contributed by atoms with van der Waals surface area (Å²) in [5.74, 6) is 1.26. The van der Waals surface area contributed by atoms with Gasteiger partial charge in [0.15, 0.2) is 0 Å². The minimum Gasteiger partial charge on any atom is -0.497 e. The Balaban J connectivity index is 1.77. The molecule has 3 rings (SSSR count). The molecule has 1 atom stereocenters. The van der Waals surface area contributed by atoms with Gasteiger partial charge in [0.05, 0.1) is 25.9 Å². The number of aromatic nitrogens is 1. The lowest BCUT2D eigenvalue weighted by Crippen LogP contribution is -2.43. The van der Waals surface area contributed by atoms with E-state index in [2.05, 4.69) is 16.0 Å². The fourth-order valence-electron chi connectivity index (χ4n) is 2.95. The Kier molecular flexibility index (Phi) is 4.14. The second kappa shape index (κ2) is 6.24. The van der Waals surface area contributed by atoms with Crippen LogP contribution in [0.3, 0.4) is 0 Å². The number of carbonyl (C=O) groups is 1. The number of anilines is 1. The largest absolute Gasteiger partial charge is 0.497 e. The van der Waals surface area contributed by atoms with Crippen molar-refractivity contribution in [3.05, 3.63) is 42.2 Å². The molecule has 1 aromatic heterocycles. The van der Waals surface area contributed by atoms with Gasteiger partial charge in [0.2, 0.25) is 0 Å². The van der Waals surface area contributed by atoms with Gasteiger partial charge in [-0.1, -0.05) is 0 Å². The van der Waals surface area contributed by atoms with Gasteiger partial charge < -0.3 is 24.3 Å². The van der Waals surface area contributed by atoms with E-state index < -0.39 is 0 Å². The molecule has 0 spiro atoms. The molecule has 0 fully saturated rings. The van der Waals surface area contributed by atoms with Crippen LogP contribution in [0.25, 0.3) is 0 Å². The molecule has 23 heavy (non-hydrogen) atoms. The number of hydrogen-bond acceptors (Lipinski definition) is 3. The lowest BCUT2D eigenvalue weighted by Gasteiger charge is -2.35. The van der Waals surface area contributed by atoms with E-state index in [0.717, 1.165) is 12.2 Å². The van der Waals surface area contributed by atoms with Crippen LogP contribution in [-0.4, -0.2) is 36.3 Å². The number of urea groups is 1. The van der Waals surface area contributed by atoms with Gasteiger partial charge in [0, 0.05) is 31.0 Å².